The molecule has 1 aliphatic heterocycles. The van der Waals surface area contributed by atoms with Crippen LogP contribution in [0.5, 0.6) is 0 Å². The second-order valence-corrected chi connectivity index (χ2v) is 21.3. The monoisotopic (exact) mass is 474 g/mol. The zero-order valence-corrected chi connectivity index (χ0v) is 21.4. The number of unbranched alkanes of at least 4 members (excludes halogenated alkanes) is 3. The van der Waals surface area contributed by atoms with Crippen molar-refractivity contribution in [2.75, 3.05) is 6.61 Å². The quantitative estimate of drug-likeness (QED) is 0.204. The Morgan fingerprint density at radius 1 is 0.885 bits per heavy atom. The van der Waals surface area contributed by atoms with Gasteiger partial charge in [0.1, 0.15) is 0 Å². The van der Waals surface area contributed by atoms with Crippen LogP contribution in [0.25, 0.3) is 0 Å². The zero-order valence-electron chi connectivity index (χ0n) is 18.5. The first-order chi connectivity index (χ1) is 12.5. The van der Waals surface area contributed by atoms with Gasteiger partial charge in [0, 0.05) is 0 Å². The second-order valence-electron chi connectivity index (χ2n) is 9.69. The van der Waals surface area contributed by atoms with E-state index in [-0.39, 0.29) is 11.0 Å². The van der Waals surface area contributed by atoms with Crippen LogP contribution in [0.4, 0.5) is 0 Å². The van der Waals surface area contributed by atoms with E-state index in [1.807, 2.05) is 0 Å². The maximum absolute atomic E-state index is 7.67. The van der Waals surface area contributed by atoms with Crippen LogP contribution >= 0.6 is 0 Å². The van der Waals surface area contributed by atoms with Gasteiger partial charge in [0.25, 0.3) is 0 Å². The average molecular weight is 473 g/mol. The predicted octanol–water partition coefficient (Wildman–Crippen LogP) is 7.48. The molecular formula is C23H46O2Sn. The summed E-state index contributed by atoms with van der Waals surface area (Å²) in [7, 11) is 0. The Balaban J connectivity index is 2.29. The van der Waals surface area contributed by atoms with Crippen molar-refractivity contribution in [2.24, 2.45) is 5.41 Å². The van der Waals surface area contributed by atoms with E-state index in [1.54, 1.807) is 0 Å². The van der Waals surface area contributed by atoms with E-state index in [4.69, 9.17) is 7.81 Å². The molecule has 26 heavy (non-hydrogen) atoms. The molecule has 1 saturated heterocycles. The molecule has 0 bridgehead atoms. The van der Waals surface area contributed by atoms with Crippen LogP contribution in [-0.2, 0) is 7.81 Å². The Hall–Kier alpha value is 0.719. The third-order valence-electron chi connectivity index (χ3n) is 7.34. The van der Waals surface area contributed by atoms with Gasteiger partial charge in [-0.1, -0.05) is 0 Å². The van der Waals surface area contributed by atoms with E-state index in [2.05, 4.69) is 34.6 Å². The van der Waals surface area contributed by atoms with E-state index >= 15 is 0 Å². The van der Waals surface area contributed by atoms with Crippen LogP contribution in [0.15, 0.2) is 0 Å². The van der Waals surface area contributed by atoms with Crippen molar-refractivity contribution < 1.29 is 7.81 Å². The summed E-state index contributed by atoms with van der Waals surface area (Å²) < 4.78 is 17.9. The molecule has 2 aliphatic rings. The molecule has 0 aromatic heterocycles. The van der Waals surface area contributed by atoms with Crippen LogP contribution in [-0.4, -0.2) is 37.1 Å². The van der Waals surface area contributed by atoms with Gasteiger partial charge in [-0.15, -0.1) is 0 Å². The van der Waals surface area contributed by atoms with Crippen LogP contribution in [0.3, 0.4) is 0 Å². The molecule has 1 atom stereocenters. The van der Waals surface area contributed by atoms with Crippen LogP contribution in [0.1, 0.15) is 105 Å². The normalized spacial score (nSPS) is 23.2. The molecule has 1 aliphatic carbocycles. The molecule has 154 valence electrons. The standard InChI is InChI=1S/C11H19O2.3C4H9.Sn/c1-10(2,9-8-13-9)11(12)6-4-3-5-7-11;3*1-3-4-2;/h9H,3-8H2,1-2H3;3*1,3-4H2,2H3;/q-1;;;;+1. The minimum atomic E-state index is -2.62. The molecule has 2 rings (SSSR count). The maximum atomic E-state index is 7.67. The van der Waals surface area contributed by atoms with Gasteiger partial charge in [0.2, 0.25) is 0 Å². The molecule has 2 nitrogen and oxygen atoms in total. The second kappa shape index (κ2) is 10.5. The van der Waals surface area contributed by atoms with E-state index in [0.29, 0.717) is 6.10 Å². The molecule has 0 aromatic carbocycles. The summed E-state index contributed by atoms with van der Waals surface area (Å²) in [5, 5.41) is 0. The SMILES string of the molecule is CCC[CH2][Sn]([CH2]CCC)([CH2]CCC)[O]C1(C(C)(C)C2CO2)CCCCC1. The molecule has 2 fully saturated rings. The number of epoxide rings is 1. The first-order valence-electron chi connectivity index (χ1n) is 11.8. The van der Waals surface area contributed by atoms with Crippen LogP contribution in [0.2, 0.25) is 13.3 Å². The molecule has 1 unspecified atom stereocenters. The van der Waals surface area contributed by atoms with E-state index in [1.165, 1.54) is 83.9 Å². The molecule has 0 spiro atoms. The zero-order chi connectivity index (χ0) is 19.1. The first kappa shape index (κ1) is 23.0. The van der Waals surface area contributed by atoms with E-state index < -0.39 is 18.8 Å². The van der Waals surface area contributed by atoms with Gasteiger partial charge in [-0.25, -0.2) is 0 Å². The van der Waals surface area contributed by atoms with E-state index in [9.17, 15) is 0 Å². The van der Waals surface area contributed by atoms with Crippen LogP contribution < -0.4 is 0 Å². The third-order valence-corrected chi connectivity index (χ3v) is 20.5. The van der Waals surface area contributed by atoms with Crippen molar-refractivity contribution >= 4 is 18.8 Å². The third kappa shape index (κ3) is 5.63. The van der Waals surface area contributed by atoms with Gasteiger partial charge in [0.05, 0.1) is 0 Å². The number of hydrogen-bond donors (Lipinski definition) is 0. The molecule has 0 N–H and O–H groups in total. The van der Waals surface area contributed by atoms with Crippen molar-refractivity contribution in [3.63, 3.8) is 0 Å². The van der Waals surface area contributed by atoms with Gasteiger partial charge < -0.3 is 0 Å². The molecule has 0 aromatic rings. The molecule has 1 heterocycles. The van der Waals surface area contributed by atoms with Gasteiger partial charge in [-0.3, -0.25) is 0 Å². The molecule has 1 saturated carbocycles. The average Bonchev–Trinajstić information content (AvgIpc) is 3.49. The summed E-state index contributed by atoms with van der Waals surface area (Å²) in [4.78, 5) is 0. The summed E-state index contributed by atoms with van der Waals surface area (Å²) in [6, 6.07) is 0. The molecule has 0 amide bonds. The Morgan fingerprint density at radius 3 is 1.73 bits per heavy atom. The first-order valence-corrected chi connectivity index (χ1v) is 19.0. The van der Waals surface area contributed by atoms with Gasteiger partial charge in [-0.2, -0.15) is 0 Å². The molecular weight excluding hydrogens is 427 g/mol. The fourth-order valence-corrected chi connectivity index (χ4v) is 20.5. The molecule has 0 radical (unpaired) electrons. The van der Waals surface area contributed by atoms with Crippen molar-refractivity contribution in [1.82, 2.24) is 0 Å². The summed E-state index contributed by atoms with van der Waals surface area (Å²) in [6.45, 7) is 13.0. The Kier molecular flexibility index (Phi) is 9.27. The summed E-state index contributed by atoms with van der Waals surface area (Å²) in [6.07, 6.45) is 15.2. The van der Waals surface area contributed by atoms with Crippen molar-refractivity contribution in [2.45, 2.75) is 130 Å². The van der Waals surface area contributed by atoms with Crippen molar-refractivity contribution in [3.8, 4) is 0 Å². The fraction of sp³-hybridized carbons (Fsp3) is 1.00. The van der Waals surface area contributed by atoms with E-state index in [0.717, 1.165) is 6.61 Å². The fourth-order valence-electron chi connectivity index (χ4n) is 5.20. The Morgan fingerprint density at radius 2 is 1.35 bits per heavy atom. The Labute approximate surface area is 168 Å². The number of hydrogen-bond acceptors (Lipinski definition) is 2. The minimum absolute atomic E-state index is 0.109. The number of ether oxygens (including phenoxy) is 1. The van der Waals surface area contributed by atoms with Crippen molar-refractivity contribution in [3.05, 3.63) is 0 Å². The Bertz CT molecular complexity index is 375. The van der Waals surface area contributed by atoms with Gasteiger partial charge >= 0.3 is 169 Å². The summed E-state index contributed by atoms with van der Waals surface area (Å²) in [5.74, 6) is 0. The van der Waals surface area contributed by atoms with Crippen molar-refractivity contribution in [1.29, 1.82) is 0 Å². The molecule has 3 heteroatoms. The number of rotatable bonds is 13. The van der Waals surface area contributed by atoms with Gasteiger partial charge in [0.15, 0.2) is 0 Å². The predicted molar refractivity (Wildman–Crippen MR) is 115 cm³/mol. The van der Waals surface area contributed by atoms with Crippen LogP contribution in [0, 0.1) is 5.41 Å². The summed E-state index contributed by atoms with van der Waals surface area (Å²) >= 11 is -2.62. The van der Waals surface area contributed by atoms with Gasteiger partial charge in [-0.05, 0) is 0 Å². The summed E-state index contributed by atoms with van der Waals surface area (Å²) in [5.41, 5.74) is 0.290. The topological polar surface area (TPSA) is 21.8 Å².